The summed E-state index contributed by atoms with van der Waals surface area (Å²) in [5.74, 6) is -2.32. The minimum atomic E-state index is -4.07. The first kappa shape index (κ1) is 17.5. The molecular formula is C12H15InO6. The molecule has 0 fully saturated rings. The molecule has 0 aliphatic rings. The van der Waals surface area contributed by atoms with Gasteiger partial charge >= 0.3 is 121 Å². The SMILES string of the molecule is C=C(C)C(=O)[O][In]([O]C(=O)C(=C)C)[O]C(=O)C(=C)C. The van der Waals surface area contributed by atoms with E-state index in [0.717, 1.165) is 0 Å². The van der Waals surface area contributed by atoms with Crippen molar-refractivity contribution in [1.29, 1.82) is 0 Å². The fourth-order valence-electron chi connectivity index (χ4n) is 0.636. The van der Waals surface area contributed by atoms with E-state index in [-0.39, 0.29) is 16.7 Å². The molecule has 0 spiro atoms. The monoisotopic (exact) mass is 370 g/mol. The van der Waals surface area contributed by atoms with Gasteiger partial charge in [-0.2, -0.15) is 0 Å². The summed E-state index contributed by atoms with van der Waals surface area (Å²) in [4.78, 5) is 34.1. The zero-order valence-corrected chi connectivity index (χ0v) is 14.4. The molecule has 6 nitrogen and oxygen atoms in total. The summed E-state index contributed by atoms with van der Waals surface area (Å²) in [6, 6.07) is 0. The van der Waals surface area contributed by atoms with Crippen molar-refractivity contribution in [3.8, 4) is 0 Å². The van der Waals surface area contributed by atoms with E-state index >= 15 is 0 Å². The fourth-order valence-corrected chi connectivity index (χ4v) is 4.27. The molecule has 0 saturated heterocycles. The molecule has 0 heterocycles. The van der Waals surface area contributed by atoms with E-state index in [1.807, 2.05) is 0 Å². The van der Waals surface area contributed by atoms with E-state index in [9.17, 15) is 14.4 Å². The molecule has 0 aliphatic carbocycles. The van der Waals surface area contributed by atoms with Gasteiger partial charge < -0.3 is 0 Å². The first-order valence-corrected chi connectivity index (χ1v) is 9.28. The number of rotatable bonds is 6. The van der Waals surface area contributed by atoms with Gasteiger partial charge in [0.05, 0.1) is 0 Å². The predicted molar refractivity (Wildman–Crippen MR) is 68.5 cm³/mol. The molecule has 0 atom stereocenters. The number of carbonyl (C=O) groups is 3. The molecular weight excluding hydrogens is 355 g/mol. The van der Waals surface area contributed by atoms with Crippen molar-refractivity contribution in [3.05, 3.63) is 36.5 Å². The fraction of sp³-hybridized carbons (Fsp3) is 0.250. The third kappa shape index (κ3) is 6.85. The molecule has 7 heteroatoms. The normalized spacial score (nSPS) is 9.00. The van der Waals surface area contributed by atoms with Crippen LogP contribution in [-0.4, -0.2) is 40.7 Å². The van der Waals surface area contributed by atoms with Crippen molar-refractivity contribution >= 4 is 40.7 Å². The van der Waals surface area contributed by atoms with Crippen LogP contribution in [0.2, 0.25) is 0 Å². The van der Waals surface area contributed by atoms with Crippen LogP contribution in [0.25, 0.3) is 0 Å². The average molecular weight is 370 g/mol. The molecule has 102 valence electrons. The van der Waals surface area contributed by atoms with Gasteiger partial charge in [-0.1, -0.05) is 0 Å². The van der Waals surface area contributed by atoms with E-state index in [2.05, 4.69) is 19.7 Å². The Balaban J connectivity index is 4.82. The third-order valence-electron chi connectivity index (χ3n) is 1.66. The van der Waals surface area contributed by atoms with Crippen LogP contribution in [0.3, 0.4) is 0 Å². The molecule has 0 rings (SSSR count). The van der Waals surface area contributed by atoms with Gasteiger partial charge in [-0.25, -0.2) is 0 Å². The second-order valence-electron chi connectivity index (χ2n) is 3.85. The zero-order valence-electron chi connectivity index (χ0n) is 11.1. The van der Waals surface area contributed by atoms with Crippen LogP contribution in [0.1, 0.15) is 20.8 Å². The van der Waals surface area contributed by atoms with Gasteiger partial charge in [0.2, 0.25) is 0 Å². The summed E-state index contributed by atoms with van der Waals surface area (Å²) in [7, 11) is 0. The van der Waals surface area contributed by atoms with E-state index < -0.39 is 40.7 Å². The molecule has 0 amide bonds. The minimum absolute atomic E-state index is 0.111. The summed E-state index contributed by atoms with van der Waals surface area (Å²) in [5, 5.41) is 0. The molecule has 0 unspecified atom stereocenters. The third-order valence-corrected chi connectivity index (χ3v) is 5.14. The van der Waals surface area contributed by atoms with Gasteiger partial charge in [0.15, 0.2) is 0 Å². The van der Waals surface area contributed by atoms with Crippen molar-refractivity contribution in [2.45, 2.75) is 20.8 Å². The quantitative estimate of drug-likeness (QED) is 0.657. The predicted octanol–water partition coefficient (Wildman–Crippen LogP) is 1.33. The van der Waals surface area contributed by atoms with Gasteiger partial charge in [-0.05, 0) is 0 Å². The van der Waals surface area contributed by atoms with Crippen LogP contribution in [0.4, 0.5) is 0 Å². The summed E-state index contributed by atoms with van der Waals surface area (Å²) in [6.07, 6.45) is 0. The Morgan fingerprint density at radius 2 is 0.895 bits per heavy atom. The van der Waals surface area contributed by atoms with Gasteiger partial charge in [0.25, 0.3) is 0 Å². The summed E-state index contributed by atoms with van der Waals surface area (Å²) < 4.78 is 14.6. The van der Waals surface area contributed by atoms with Gasteiger partial charge in [-0.15, -0.1) is 0 Å². The van der Waals surface area contributed by atoms with E-state index in [1.165, 1.54) is 20.8 Å². The molecule has 0 aromatic rings. The maximum atomic E-state index is 11.4. The Bertz CT molecular complexity index is 385. The number of hydrogen-bond acceptors (Lipinski definition) is 6. The number of hydrogen-bond donors (Lipinski definition) is 0. The molecule has 0 aromatic heterocycles. The Labute approximate surface area is 121 Å². The number of carbonyl (C=O) groups excluding carboxylic acids is 3. The van der Waals surface area contributed by atoms with E-state index in [1.54, 1.807) is 0 Å². The topological polar surface area (TPSA) is 78.9 Å². The first-order valence-electron chi connectivity index (χ1n) is 5.24. The Kier molecular flexibility index (Phi) is 7.21. The molecule has 19 heavy (non-hydrogen) atoms. The van der Waals surface area contributed by atoms with Crippen LogP contribution in [-0.2, 0) is 22.9 Å². The van der Waals surface area contributed by atoms with Crippen molar-refractivity contribution in [3.63, 3.8) is 0 Å². The summed E-state index contributed by atoms with van der Waals surface area (Å²) in [6.45, 7) is 14.4. The van der Waals surface area contributed by atoms with Crippen LogP contribution >= 0.6 is 0 Å². The zero-order chi connectivity index (χ0) is 15.2. The van der Waals surface area contributed by atoms with Crippen LogP contribution < -0.4 is 0 Å². The van der Waals surface area contributed by atoms with Crippen molar-refractivity contribution in [2.75, 3.05) is 0 Å². The summed E-state index contributed by atoms with van der Waals surface area (Å²) in [5.41, 5.74) is 0.332. The van der Waals surface area contributed by atoms with Gasteiger partial charge in [-0.3, -0.25) is 0 Å². The van der Waals surface area contributed by atoms with Crippen LogP contribution in [0.15, 0.2) is 36.5 Å². The molecule has 0 saturated carbocycles. The summed E-state index contributed by atoms with van der Waals surface area (Å²) >= 11 is -4.07. The maximum absolute atomic E-state index is 11.4. The van der Waals surface area contributed by atoms with E-state index in [4.69, 9.17) is 8.56 Å². The second kappa shape index (κ2) is 7.83. The van der Waals surface area contributed by atoms with Crippen molar-refractivity contribution in [2.24, 2.45) is 0 Å². The van der Waals surface area contributed by atoms with Crippen LogP contribution in [0, 0.1) is 0 Å². The molecule has 0 aliphatic heterocycles. The molecule has 0 aromatic carbocycles. The van der Waals surface area contributed by atoms with Crippen molar-refractivity contribution < 1.29 is 22.9 Å². The van der Waals surface area contributed by atoms with Crippen LogP contribution in [0.5, 0.6) is 0 Å². The van der Waals surface area contributed by atoms with E-state index in [0.29, 0.717) is 0 Å². The van der Waals surface area contributed by atoms with Crippen molar-refractivity contribution in [1.82, 2.24) is 0 Å². The van der Waals surface area contributed by atoms with Gasteiger partial charge in [0, 0.05) is 0 Å². The standard InChI is InChI=1S/3C4H6O2.In/c3*1-3(2)4(5)6;/h3*1H2,2H3,(H,5,6);/q;;;+3/p-3. The average Bonchev–Trinajstić information content (AvgIpc) is 2.27. The molecule has 0 N–H and O–H groups in total. The molecule has 0 radical (unpaired) electrons. The Morgan fingerprint density at radius 3 is 1.05 bits per heavy atom. The Morgan fingerprint density at radius 1 is 0.684 bits per heavy atom. The van der Waals surface area contributed by atoms with Gasteiger partial charge in [0.1, 0.15) is 0 Å². The Hall–Kier alpha value is -1.50. The first-order chi connectivity index (χ1) is 8.65. The second-order valence-corrected chi connectivity index (χ2v) is 7.51. The molecule has 0 bridgehead atoms.